The van der Waals surface area contributed by atoms with Crippen molar-refractivity contribution in [2.24, 2.45) is 0 Å². The van der Waals surface area contributed by atoms with Crippen LogP contribution in [0, 0.1) is 0 Å². The lowest BCUT2D eigenvalue weighted by atomic mass is 9.98. The number of fused-ring (bicyclic) bond motifs is 1. The van der Waals surface area contributed by atoms with Crippen molar-refractivity contribution in [2.45, 2.75) is 18.8 Å². The van der Waals surface area contributed by atoms with Crippen molar-refractivity contribution in [2.75, 3.05) is 13.1 Å². The number of para-hydroxylation sites is 2. The van der Waals surface area contributed by atoms with Gasteiger partial charge in [0, 0.05) is 19.0 Å². The second-order valence-corrected chi connectivity index (χ2v) is 4.71. The molecule has 2 aromatic rings. The van der Waals surface area contributed by atoms with Crippen LogP contribution in [0.5, 0.6) is 0 Å². The van der Waals surface area contributed by atoms with Gasteiger partial charge in [0.05, 0.1) is 11.0 Å². The van der Waals surface area contributed by atoms with Crippen molar-refractivity contribution in [1.29, 1.82) is 0 Å². The van der Waals surface area contributed by atoms with Gasteiger partial charge in [0.2, 0.25) is 0 Å². The van der Waals surface area contributed by atoms with E-state index in [1.807, 2.05) is 24.3 Å². The second kappa shape index (κ2) is 4.33. The molecule has 5 nitrogen and oxygen atoms in total. The molecule has 1 atom stereocenters. The number of rotatable bonds is 1. The zero-order valence-corrected chi connectivity index (χ0v) is 9.97. The number of nitrogens with zero attached hydrogens (tertiary/aromatic N) is 2. The number of hydrogen-bond acceptors (Lipinski definition) is 2. The standard InChI is InChI=1S/C13H15N3O2/c17-13(18)16-7-3-4-9(8-16)12-14-10-5-1-2-6-11(10)15-12/h1-2,5-6,9H,3-4,7-8H2,(H,14,15)(H,17,18). The van der Waals surface area contributed by atoms with Gasteiger partial charge in [0.25, 0.3) is 0 Å². The van der Waals surface area contributed by atoms with E-state index in [1.165, 1.54) is 4.90 Å². The van der Waals surface area contributed by atoms with E-state index in [9.17, 15) is 4.79 Å². The van der Waals surface area contributed by atoms with Gasteiger partial charge in [-0.3, -0.25) is 0 Å². The molecule has 1 fully saturated rings. The third-order valence-electron chi connectivity index (χ3n) is 3.49. The number of imidazole rings is 1. The summed E-state index contributed by atoms with van der Waals surface area (Å²) < 4.78 is 0. The smallest absolute Gasteiger partial charge is 0.407 e. The average molecular weight is 245 g/mol. The van der Waals surface area contributed by atoms with Gasteiger partial charge in [0.1, 0.15) is 5.82 Å². The molecule has 1 aromatic carbocycles. The third kappa shape index (κ3) is 1.92. The van der Waals surface area contributed by atoms with Gasteiger partial charge in [-0.1, -0.05) is 12.1 Å². The molecule has 0 bridgehead atoms. The highest BCUT2D eigenvalue weighted by molar-refractivity contribution is 5.74. The van der Waals surface area contributed by atoms with Crippen molar-refractivity contribution < 1.29 is 9.90 Å². The van der Waals surface area contributed by atoms with Crippen LogP contribution in [-0.2, 0) is 0 Å². The highest BCUT2D eigenvalue weighted by Crippen LogP contribution is 2.26. The van der Waals surface area contributed by atoms with Crippen molar-refractivity contribution in [3.05, 3.63) is 30.1 Å². The van der Waals surface area contributed by atoms with Gasteiger partial charge in [-0.2, -0.15) is 0 Å². The number of benzene rings is 1. The molecule has 1 aromatic heterocycles. The monoisotopic (exact) mass is 245 g/mol. The largest absolute Gasteiger partial charge is 0.465 e. The van der Waals surface area contributed by atoms with E-state index in [4.69, 9.17) is 5.11 Å². The molecule has 0 radical (unpaired) electrons. The predicted molar refractivity (Wildman–Crippen MR) is 67.7 cm³/mol. The molecular formula is C13H15N3O2. The second-order valence-electron chi connectivity index (χ2n) is 4.71. The van der Waals surface area contributed by atoms with Gasteiger partial charge < -0.3 is 15.0 Å². The van der Waals surface area contributed by atoms with Crippen molar-refractivity contribution in [3.8, 4) is 0 Å². The summed E-state index contributed by atoms with van der Waals surface area (Å²) in [4.78, 5) is 20.3. The maximum absolute atomic E-state index is 11.0. The molecule has 1 unspecified atom stereocenters. The number of aromatic amines is 1. The molecule has 2 heterocycles. The summed E-state index contributed by atoms with van der Waals surface area (Å²) in [6.45, 7) is 1.17. The Bertz CT molecular complexity index is 545. The molecule has 1 aliphatic heterocycles. The summed E-state index contributed by atoms with van der Waals surface area (Å²) in [5.41, 5.74) is 1.96. The van der Waals surface area contributed by atoms with Gasteiger partial charge >= 0.3 is 6.09 Å². The number of piperidine rings is 1. The average Bonchev–Trinajstić information content (AvgIpc) is 2.82. The van der Waals surface area contributed by atoms with E-state index in [1.54, 1.807) is 0 Å². The summed E-state index contributed by atoms with van der Waals surface area (Å²) >= 11 is 0. The number of hydrogen-bond donors (Lipinski definition) is 2. The molecule has 18 heavy (non-hydrogen) atoms. The molecule has 0 spiro atoms. The van der Waals surface area contributed by atoms with Gasteiger partial charge in [-0.25, -0.2) is 9.78 Å². The molecule has 1 saturated heterocycles. The minimum atomic E-state index is -0.837. The molecule has 5 heteroatoms. The first-order valence-corrected chi connectivity index (χ1v) is 6.16. The lowest BCUT2D eigenvalue weighted by molar-refractivity contribution is 0.129. The molecular weight excluding hydrogens is 230 g/mol. The van der Waals surface area contributed by atoms with E-state index >= 15 is 0 Å². The van der Waals surface area contributed by atoms with Crippen LogP contribution >= 0.6 is 0 Å². The fraction of sp³-hybridized carbons (Fsp3) is 0.385. The Morgan fingerprint density at radius 3 is 3.06 bits per heavy atom. The Morgan fingerprint density at radius 1 is 1.44 bits per heavy atom. The van der Waals surface area contributed by atoms with Crippen LogP contribution in [0.4, 0.5) is 4.79 Å². The van der Waals surface area contributed by atoms with Crippen molar-refractivity contribution >= 4 is 17.1 Å². The number of carboxylic acid groups (broad SMARTS) is 1. The van der Waals surface area contributed by atoms with E-state index in [2.05, 4.69) is 9.97 Å². The minimum absolute atomic E-state index is 0.183. The molecule has 94 valence electrons. The molecule has 0 aliphatic carbocycles. The van der Waals surface area contributed by atoms with Crippen molar-refractivity contribution in [1.82, 2.24) is 14.9 Å². The molecule has 0 saturated carbocycles. The van der Waals surface area contributed by atoms with Crippen LogP contribution in [0.15, 0.2) is 24.3 Å². The lowest BCUT2D eigenvalue weighted by Crippen LogP contribution is -2.38. The maximum Gasteiger partial charge on any atom is 0.407 e. The number of carbonyl (C=O) groups is 1. The zero-order chi connectivity index (χ0) is 12.5. The van der Waals surface area contributed by atoms with Crippen LogP contribution in [0.1, 0.15) is 24.6 Å². The van der Waals surface area contributed by atoms with E-state index in [-0.39, 0.29) is 5.92 Å². The minimum Gasteiger partial charge on any atom is -0.465 e. The van der Waals surface area contributed by atoms with Crippen LogP contribution in [0.2, 0.25) is 0 Å². The Morgan fingerprint density at radius 2 is 2.28 bits per heavy atom. The Hall–Kier alpha value is -2.04. The number of nitrogens with one attached hydrogen (secondary N) is 1. The first-order valence-electron chi connectivity index (χ1n) is 6.16. The first-order chi connectivity index (χ1) is 8.74. The summed E-state index contributed by atoms with van der Waals surface area (Å²) in [5, 5.41) is 9.04. The summed E-state index contributed by atoms with van der Waals surface area (Å²) in [6.07, 6.45) is 1.05. The Kier molecular flexibility index (Phi) is 2.66. The van der Waals surface area contributed by atoms with Crippen LogP contribution in [0.25, 0.3) is 11.0 Å². The number of amides is 1. The fourth-order valence-corrected chi connectivity index (χ4v) is 2.54. The topological polar surface area (TPSA) is 69.2 Å². The number of aromatic nitrogens is 2. The molecule has 1 aliphatic rings. The van der Waals surface area contributed by atoms with Gasteiger partial charge in [-0.05, 0) is 25.0 Å². The Balaban J connectivity index is 1.87. The first kappa shape index (κ1) is 11.1. The normalized spacial score (nSPS) is 20.2. The molecule has 3 rings (SSSR count). The van der Waals surface area contributed by atoms with Gasteiger partial charge in [-0.15, -0.1) is 0 Å². The van der Waals surface area contributed by atoms with Gasteiger partial charge in [0.15, 0.2) is 0 Å². The van der Waals surface area contributed by atoms with Crippen LogP contribution in [0.3, 0.4) is 0 Å². The quantitative estimate of drug-likeness (QED) is 0.810. The zero-order valence-electron chi connectivity index (χ0n) is 9.97. The molecule has 1 amide bonds. The number of likely N-dealkylation sites (tertiary alicyclic amines) is 1. The number of H-pyrrole nitrogens is 1. The maximum atomic E-state index is 11.0. The SMILES string of the molecule is O=C(O)N1CCCC(c2nc3ccccc3[nH]2)C1. The summed E-state index contributed by atoms with van der Waals surface area (Å²) in [5.74, 6) is 1.09. The lowest BCUT2D eigenvalue weighted by Gasteiger charge is -2.29. The van der Waals surface area contributed by atoms with E-state index < -0.39 is 6.09 Å². The van der Waals surface area contributed by atoms with E-state index in [0.29, 0.717) is 13.1 Å². The third-order valence-corrected chi connectivity index (χ3v) is 3.49. The summed E-state index contributed by atoms with van der Waals surface area (Å²) in [6, 6.07) is 7.88. The van der Waals surface area contributed by atoms with Crippen LogP contribution < -0.4 is 0 Å². The fourth-order valence-electron chi connectivity index (χ4n) is 2.54. The predicted octanol–water partition coefficient (Wildman–Crippen LogP) is 2.42. The van der Waals surface area contributed by atoms with Crippen LogP contribution in [-0.4, -0.2) is 39.2 Å². The highest BCUT2D eigenvalue weighted by atomic mass is 16.4. The van der Waals surface area contributed by atoms with Crippen molar-refractivity contribution in [3.63, 3.8) is 0 Å². The Labute approximate surface area is 104 Å². The van der Waals surface area contributed by atoms with E-state index in [0.717, 1.165) is 29.7 Å². The highest BCUT2D eigenvalue weighted by Gasteiger charge is 2.26. The summed E-state index contributed by atoms with van der Waals surface area (Å²) in [7, 11) is 0. The molecule has 2 N–H and O–H groups in total.